The highest BCUT2D eigenvalue weighted by Gasteiger charge is 2.62. The van der Waals surface area contributed by atoms with Crippen molar-refractivity contribution in [1.29, 1.82) is 0 Å². The van der Waals surface area contributed by atoms with E-state index >= 15 is 8.78 Å². The molecule has 5 rings (SSSR count). The van der Waals surface area contributed by atoms with Crippen molar-refractivity contribution >= 4 is 0 Å². The first-order chi connectivity index (χ1) is 16.6. The third-order valence-corrected chi connectivity index (χ3v) is 5.94. The largest absolute Gasteiger partial charge is 0.362 e. The zero-order valence-electron chi connectivity index (χ0n) is 18.5. The molecule has 0 amide bonds. The standard InChI is InChI=1S/C27H26F2O5/c28-27(29)23-22(18-32-25(34-23)21-14-8-3-9-15-21)33-26(31-17-20-12-6-2-7-13-20)24(27)30-16-19-10-4-1-5-11-19/h1-15,22-26H,16-18H2/t22-,23-,24+,25?,26+/m1/s1. The predicted molar refractivity (Wildman–Crippen MR) is 120 cm³/mol. The summed E-state index contributed by atoms with van der Waals surface area (Å²) in [4.78, 5) is 0. The van der Waals surface area contributed by atoms with Gasteiger partial charge < -0.3 is 23.7 Å². The number of hydrogen-bond donors (Lipinski definition) is 0. The summed E-state index contributed by atoms with van der Waals surface area (Å²) in [5.74, 6) is -3.38. The van der Waals surface area contributed by atoms with Gasteiger partial charge in [0.15, 0.2) is 24.8 Å². The number of halogens is 2. The van der Waals surface area contributed by atoms with Crippen LogP contribution in [0.1, 0.15) is 23.0 Å². The van der Waals surface area contributed by atoms with Crippen LogP contribution in [0.2, 0.25) is 0 Å². The zero-order chi connectivity index (χ0) is 23.4. The third-order valence-electron chi connectivity index (χ3n) is 5.94. The van der Waals surface area contributed by atoms with Crippen LogP contribution in [-0.4, -0.2) is 37.1 Å². The normalized spacial score (nSPS) is 28.2. The summed E-state index contributed by atoms with van der Waals surface area (Å²) >= 11 is 0. The van der Waals surface area contributed by atoms with Crippen LogP contribution in [-0.2, 0) is 36.9 Å². The van der Waals surface area contributed by atoms with Gasteiger partial charge in [0.25, 0.3) is 0 Å². The van der Waals surface area contributed by atoms with Gasteiger partial charge in [0.1, 0.15) is 6.10 Å². The Morgan fingerprint density at radius 1 is 0.735 bits per heavy atom. The highest BCUT2D eigenvalue weighted by Crippen LogP contribution is 2.44. The first-order valence-corrected chi connectivity index (χ1v) is 11.3. The predicted octanol–water partition coefficient (Wildman–Crippen LogP) is 5.26. The van der Waals surface area contributed by atoms with Gasteiger partial charge in [-0.05, 0) is 11.1 Å². The van der Waals surface area contributed by atoms with Crippen molar-refractivity contribution in [3.05, 3.63) is 108 Å². The van der Waals surface area contributed by atoms with Crippen molar-refractivity contribution in [2.75, 3.05) is 6.61 Å². The Morgan fingerprint density at radius 3 is 1.91 bits per heavy atom. The Kier molecular flexibility index (Phi) is 6.99. The lowest BCUT2D eigenvalue weighted by molar-refractivity contribution is -0.404. The van der Waals surface area contributed by atoms with Crippen LogP contribution in [0.5, 0.6) is 0 Å². The molecule has 2 aliphatic heterocycles. The molecule has 0 saturated carbocycles. The quantitative estimate of drug-likeness (QED) is 0.473. The van der Waals surface area contributed by atoms with Gasteiger partial charge in [-0.2, -0.15) is 0 Å². The van der Waals surface area contributed by atoms with Crippen molar-refractivity contribution in [3.63, 3.8) is 0 Å². The second kappa shape index (κ2) is 10.3. The van der Waals surface area contributed by atoms with Crippen LogP contribution in [0.4, 0.5) is 8.78 Å². The summed E-state index contributed by atoms with van der Waals surface area (Å²) in [7, 11) is 0. The number of rotatable bonds is 7. The summed E-state index contributed by atoms with van der Waals surface area (Å²) in [5, 5.41) is 0. The molecule has 5 atom stereocenters. The summed E-state index contributed by atoms with van der Waals surface area (Å²) in [6, 6.07) is 27.5. The molecule has 2 aliphatic rings. The molecule has 3 aromatic carbocycles. The van der Waals surface area contributed by atoms with Gasteiger partial charge in [0.05, 0.1) is 19.8 Å². The summed E-state index contributed by atoms with van der Waals surface area (Å²) < 4.78 is 60.8. The molecule has 178 valence electrons. The lowest BCUT2D eigenvalue weighted by Gasteiger charge is -2.48. The van der Waals surface area contributed by atoms with E-state index in [1.165, 1.54) is 0 Å². The molecule has 0 aromatic heterocycles. The minimum absolute atomic E-state index is 0.00828. The molecular weight excluding hydrogens is 442 g/mol. The van der Waals surface area contributed by atoms with Gasteiger partial charge in [0.2, 0.25) is 0 Å². The lowest BCUT2D eigenvalue weighted by atomic mass is 9.96. The monoisotopic (exact) mass is 468 g/mol. The fourth-order valence-corrected chi connectivity index (χ4v) is 4.18. The molecule has 7 heteroatoms. The van der Waals surface area contributed by atoms with E-state index in [0.717, 1.165) is 11.1 Å². The average molecular weight is 468 g/mol. The molecule has 0 N–H and O–H groups in total. The molecule has 2 fully saturated rings. The van der Waals surface area contributed by atoms with Gasteiger partial charge in [0, 0.05) is 5.56 Å². The fourth-order valence-electron chi connectivity index (χ4n) is 4.18. The summed E-state index contributed by atoms with van der Waals surface area (Å²) in [6.45, 7) is 0.0561. The van der Waals surface area contributed by atoms with Gasteiger partial charge >= 0.3 is 5.92 Å². The van der Waals surface area contributed by atoms with E-state index < -0.39 is 36.8 Å². The molecule has 3 aromatic rings. The maximum Gasteiger partial charge on any atom is 0.307 e. The van der Waals surface area contributed by atoms with Crippen LogP contribution < -0.4 is 0 Å². The van der Waals surface area contributed by atoms with E-state index in [0.29, 0.717) is 5.56 Å². The third kappa shape index (κ3) is 5.04. The maximum atomic E-state index is 15.9. The smallest absolute Gasteiger partial charge is 0.307 e. The van der Waals surface area contributed by atoms with Crippen molar-refractivity contribution < 1.29 is 32.5 Å². The molecule has 1 unspecified atom stereocenters. The van der Waals surface area contributed by atoms with E-state index in [1.54, 1.807) is 12.1 Å². The van der Waals surface area contributed by atoms with Crippen molar-refractivity contribution in [3.8, 4) is 0 Å². The highest BCUT2D eigenvalue weighted by molar-refractivity contribution is 5.17. The van der Waals surface area contributed by atoms with E-state index in [-0.39, 0.29) is 19.8 Å². The Labute approximate surface area is 197 Å². The molecule has 34 heavy (non-hydrogen) atoms. The summed E-state index contributed by atoms with van der Waals surface area (Å²) in [5.41, 5.74) is 2.29. The highest BCUT2D eigenvalue weighted by atomic mass is 19.3. The topological polar surface area (TPSA) is 46.2 Å². The number of benzene rings is 3. The van der Waals surface area contributed by atoms with E-state index in [1.807, 2.05) is 78.9 Å². The average Bonchev–Trinajstić information content (AvgIpc) is 2.88. The number of fused-ring (bicyclic) bond motifs is 1. The van der Waals surface area contributed by atoms with Crippen molar-refractivity contribution in [2.45, 2.75) is 50.0 Å². The Balaban J connectivity index is 1.36. The van der Waals surface area contributed by atoms with Crippen molar-refractivity contribution in [1.82, 2.24) is 0 Å². The van der Waals surface area contributed by atoms with E-state index in [2.05, 4.69) is 0 Å². The van der Waals surface area contributed by atoms with Crippen molar-refractivity contribution in [2.24, 2.45) is 0 Å². The Hall–Kier alpha value is -2.68. The molecule has 0 aliphatic carbocycles. The van der Waals surface area contributed by atoms with Gasteiger partial charge in [-0.1, -0.05) is 91.0 Å². The van der Waals surface area contributed by atoms with Gasteiger partial charge in [-0.15, -0.1) is 0 Å². The SMILES string of the molecule is FC1(F)[C@@H]2OC(c3ccccc3)OC[C@H]2O[C@H](OCc2ccccc2)[C@@H]1OCc1ccccc1. The Bertz CT molecular complexity index is 1030. The lowest BCUT2D eigenvalue weighted by Crippen LogP contribution is -2.66. The van der Waals surface area contributed by atoms with Crippen LogP contribution in [0.25, 0.3) is 0 Å². The number of hydrogen-bond acceptors (Lipinski definition) is 5. The second-order valence-corrected chi connectivity index (χ2v) is 8.36. The fraction of sp³-hybridized carbons (Fsp3) is 0.333. The first-order valence-electron chi connectivity index (χ1n) is 11.3. The van der Waals surface area contributed by atoms with Crippen LogP contribution >= 0.6 is 0 Å². The van der Waals surface area contributed by atoms with Gasteiger partial charge in [-0.3, -0.25) is 0 Å². The summed E-state index contributed by atoms with van der Waals surface area (Å²) in [6.07, 6.45) is -6.39. The first kappa shape index (κ1) is 23.1. The zero-order valence-corrected chi connectivity index (χ0v) is 18.5. The van der Waals surface area contributed by atoms with E-state index in [9.17, 15) is 0 Å². The Morgan fingerprint density at radius 2 is 1.29 bits per heavy atom. The van der Waals surface area contributed by atoms with E-state index in [4.69, 9.17) is 23.7 Å². The number of ether oxygens (including phenoxy) is 5. The van der Waals surface area contributed by atoms with Crippen LogP contribution in [0, 0.1) is 0 Å². The molecule has 0 radical (unpaired) electrons. The molecule has 0 bridgehead atoms. The van der Waals surface area contributed by atoms with Crippen LogP contribution in [0.3, 0.4) is 0 Å². The second-order valence-electron chi connectivity index (χ2n) is 8.36. The molecule has 0 spiro atoms. The molecule has 2 saturated heterocycles. The van der Waals surface area contributed by atoms with Gasteiger partial charge in [-0.25, -0.2) is 8.78 Å². The van der Waals surface area contributed by atoms with Crippen LogP contribution in [0.15, 0.2) is 91.0 Å². The molecular formula is C27H26F2O5. The maximum absolute atomic E-state index is 15.9. The molecule has 5 nitrogen and oxygen atoms in total. The minimum atomic E-state index is -3.38. The molecule has 2 heterocycles. The minimum Gasteiger partial charge on any atom is -0.362 e. The number of alkyl halides is 2.